The van der Waals surface area contributed by atoms with E-state index in [1.54, 1.807) is 4.90 Å². The van der Waals surface area contributed by atoms with Crippen molar-refractivity contribution in [2.24, 2.45) is 0 Å². The Balaban J connectivity index is 1.49. The Morgan fingerprint density at radius 2 is 1.64 bits per heavy atom. The Kier molecular flexibility index (Phi) is 7.33. The van der Waals surface area contributed by atoms with Crippen molar-refractivity contribution in [3.8, 4) is 0 Å². The maximum atomic E-state index is 14.1. The van der Waals surface area contributed by atoms with E-state index in [2.05, 4.69) is 35.9 Å². The molecule has 1 unspecified atom stereocenters. The van der Waals surface area contributed by atoms with Crippen LogP contribution in [0.2, 0.25) is 0 Å². The first-order valence-electron chi connectivity index (χ1n) is 12.1. The van der Waals surface area contributed by atoms with Crippen molar-refractivity contribution in [3.63, 3.8) is 0 Å². The third kappa shape index (κ3) is 4.91. The molecule has 2 aromatic carbocycles. The number of ether oxygens (including phenoxy) is 1. The van der Waals surface area contributed by atoms with Crippen molar-refractivity contribution in [2.75, 3.05) is 33.2 Å². The van der Waals surface area contributed by atoms with Crippen LogP contribution in [0.4, 0.5) is 4.79 Å². The highest BCUT2D eigenvalue weighted by Gasteiger charge is 2.47. The highest BCUT2D eigenvalue weighted by molar-refractivity contribution is 5.89. The molecule has 1 atom stereocenters. The van der Waals surface area contributed by atoms with Crippen LogP contribution in [0.5, 0.6) is 0 Å². The van der Waals surface area contributed by atoms with Crippen molar-refractivity contribution in [3.05, 3.63) is 71.8 Å². The highest BCUT2D eigenvalue weighted by Crippen LogP contribution is 2.39. The van der Waals surface area contributed by atoms with Crippen molar-refractivity contribution in [1.29, 1.82) is 0 Å². The molecule has 6 nitrogen and oxygen atoms in total. The van der Waals surface area contributed by atoms with Crippen LogP contribution in [0, 0.1) is 0 Å². The van der Waals surface area contributed by atoms with Gasteiger partial charge in [0.15, 0.2) is 0 Å². The van der Waals surface area contributed by atoms with Crippen molar-refractivity contribution >= 4 is 12.0 Å². The number of likely N-dealkylation sites (N-methyl/N-ethyl adjacent to an activating group) is 1. The molecule has 2 amide bonds. The number of rotatable bonds is 6. The van der Waals surface area contributed by atoms with Gasteiger partial charge in [-0.05, 0) is 57.3 Å². The van der Waals surface area contributed by atoms with E-state index in [4.69, 9.17) is 4.74 Å². The van der Waals surface area contributed by atoms with E-state index in [1.807, 2.05) is 48.5 Å². The molecule has 0 aliphatic carbocycles. The molecule has 0 spiro atoms. The van der Waals surface area contributed by atoms with Crippen molar-refractivity contribution in [2.45, 2.75) is 50.8 Å². The van der Waals surface area contributed by atoms with Gasteiger partial charge in [-0.25, -0.2) is 4.79 Å². The van der Waals surface area contributed by atoms with Gasteiger partial charge in [-0.2, -0.15) is 0 Å². The number of hydrogen-bond donors (Lipinski definition) is 0. The number of piperidine rings is 1. The zero-order valence-corrected chi connectivity index (χ0v) is 19.8. The van der Waals surface area contributed by atoms with Gasteiger partial charge >= 0.3 is 6.09 Å². The van der Waals surface area contributed by atoms with Crippen LogP contribution in [-0.2, 0) is 21.6 Å². The lowest BCUT2D eigenvalue weighted by atomic mass is 9.71. The van der Waals surface area contributed by atoms with Gasteiger partial charge in [0.05, 0.1) is 11.6 Å². The average Bonchev–Trinajstić information content (AvgIpc) is 3.29. The Morgan fingerprint density at radius 3 is 2.21 bits per heavy atom. The fourth-order valence-corrected chi connectivity index (χ4v) is 5.32. The normalized spacial score (nSPS) is 20.4. The van der Waals surface area contributed by atoms with Crippen LogP contribution < -0.4 is 0 Å². The number of carbonyl (C=O) groups excluding carboxylic acids is 2. The topological polar surface area (TPSA) is 53.1 Å². The summed E-state index contributed by atoms with van der Waals surface area (Å²) in [6, 6.07) is 19.8. The van der Waals surface area contributed by atoms with Crippen LogP contribution in [-0.4, -0.2) is 66.1 Å². The summed E-state index contributed by atoms with van der Waals surface area (Å²) in [6.45, 7) is 5.05. The second-order valence-corrected chi connectivity index (χ2v) is 9.17. The van der Waals surface area contributed by atoms with Gasteiger partial charge in [0, 0.05) is 19.6 Å². The van der Waals surface area contributed by atoms with Gasteiger partial charge in [-0.1, -0.05) is 60.7 Å². The fourth-order valence-electron chi connectivity index (χ4n) is 5.32. The molecule has 2 aliphatic rings. The van der Waals surface area contributed by atoms with E-state index >= 15 is 0 Å². The minimum Gasteiger partial charge on any atom is -0.445 e. The van der Waals surface area contributed by atoms with E-state index in [-0.39, 0.29) is 24.8 Å². The van der Waals surface area contributed by atoms with Crippen LogP contribution in [0.3, 0.4) is 0 Å². The summed E-state index contributed by atoms with van der Waals surface area (Å²) in [5.74, 6) is 0.187. The second-order valence-electron chi connectivity index (χ2n) is 9.17. The van der Waals surface area contributed by atoms with Crippen molar-refractivity contribution < 1.29 is 14.3 Å². The summed E-state index contributed by atoms with van der Waals surface area (Å²) in [7, 11) is 2.11. The second kappa shape index (κ2) is 10.4. The molecule has 33 heavy (non-hydrogen) atoms. The highest BCUT2D eigenvalue weighted by atomic mass is 16.6. The summed E-state index contributed by atoms with van der Waals surface area (Å²) in [5.41, 5.74) is 1.40. The first-order chi connectivity index (χ1) is 16.0. The molecule has 2 aromatic rings. The third-order valence-electron chi connectivity index (χ3n) is 7.26. The molecule has 0 radical (unpaired) electrons. The molecule has 2 fully saturated rings. The zero-order chi connectivity index (χ0) is 23.3. The quantitative estimate of drug-likeness (QED) is 0.661. The molecule has 2 aliphatic heterocycles. The number of nitrogens with zero attached hydrogens (tertiary/aromatic N) is 3. The maximum Gasteiger partial charge on any atom is 0.410 e. The molecule has 2 heterocycles. The largest absolute Gasteiger partial charge is 0.445 e. The molecule has 4 rings (SSSR count). The average molecular weight is 450 g/mol. The van der Waals surface area contributed by atoms with Crippen LogP contribution in [0.1, 0.15) is 43.7 Å². The van der Waals surface area contributed by atoms with Crippen molar-refractivity contribution in [1.82, 2.24) is 14.7 Å². The lowest BCUT2D eigenvalue weighted by Crippen LogP contribution is -2.57. The van der Waals surface area contributed by atoms with E-state index < -0.39 is 5.41 Å². The SMILES string of the molecule is CCN(C(=O)C1(c2ccccc2)CCN(C(=O)OCc2ccccc2)CC1)C1CCCN1C. The predicted octanol–water partition coefficient (Wildman–Crippen LogP) is 4.26. The minimum atomic E-state index is -0.614. The number of likely N-dealkylation sites (tertiary alicyclic amines) is 2. The minimum absolute atomic E-state index is 0.150. The molecular weight excluding hydrogens is 414 g/mol. The molecule has 0 bridgehead atoms. The lowest BCUT2D eigenvalue weighted by Gasteiger charge is -2.45. The standard InChI is InChI=1S/C27H35N3O3/c1-3-30(24-15-10-18-28(24)2)25(31)27(23-13-8-5-9-14-23)16-19-29(20-17-27)26(32)33-21-22-11-6-4-7-12-22/h4-9,11-14,24H,3,10,15-21H2,1-2H3. The smallest absolute Gasteiger partial charge is 0.410 e. The summed E-state index contributed by atoms with van der Waals surface area (Å²) < 4.78 is 5.55. The van der Waals surface area contributed by atoms with Gasteiger partial charge in [-0.3, -0.25) is 9.69 Å². The fraction of sp³-hybridized carbons (Fsp3) is 0.481. The number of carbonyl (C=O) groups is 2. The van der Waals surface area contributed by atoms with Gasteiger partial charge < -0.3 is 14.5 Å². The predicted molar refractivity (Wildman–Crippen MR) is 129 cm³/mol. The van der Waals surface area contributed by atoms with E-state index in [9.17, 15) is 9.59 Å². The van der Waals surface area contributed by atoms with E-state index in [0.717, 1.165) is 30.5 Å². The van der Waals surface area contributed by atoms with E-state index in [0.29, 0.717) is 32.5 Å². The Morgan fingerprint density at radius 1 is 1.00 bits per heavy atom. The number of amides is 2. The molecule has 6 heteroatoms. The van der Waals surface area contributed by atoms with Crippen LogP contribution in [0.25, 0.3) is 0 Å². The van der Waals surface area contributed by atoms with Gasteiger partial charge in [0.1, 0.15) is 6.61 Å². The molecule has 0 saturated carbocycles. The summed E-state index contributed by atoms with van der Waals surface area (Å²) in [5, 5.41) is 0. The molecule has 2 saturated heterocycles. The lowest BCUT2D eigenvalue weighted by molar-refractivity contribution is -0.144. The molecule has 0 N–H and O–H groups in total. The Hall–Kier alpha value is -2.86. The van der Waals surface area contributed by atoms with Crippen LogP contribution >= 0.6 is 0 Å². The Labute approximate surface area is 197 Å². The summed E-state index contributed by atoms with van der Waals surface area (Å²) in [4.78, 5) is 33.0. The van der Waals surface area contributed by atoms with Gasteiger partial charge in [0.25, 0.3) is 0 Å². The monoisotopic (exact) mass is 449 g/mol. The van der Waals surface area contributed by atoms with E-state index in [1.165, 1.54) is 0 Å². The molecule has 176 valence electrons. The van der Waals surface area contributed by atoms with Crippen LogP contribution in [0.15, 0.2) is 60.7 Å². The zero-order valence-electron chi connectivity index (χ0n) is 19.8. The first-order valence-corrected chi connectivity index (χ1v) is 12.1. The van der Waals surface area contributed by atoms with Gasteiger partial charge in [-0.15, -0.1) is 0 Å². The third-order valence-corrected chi connectivity index (χ3v) is 7.26. The first kappa shape index (κ1) is 23.3. The van der Waals surface area contributed by atoms with Gasteiger partial charge in [0.2, 0.25) is 5.91 Å². The summed E-state index contributed by atoms with van der Waals surface area (Å²) in [6.07, 6.45) is 3.17. The number of hydrogen-bond acceptors (Lipinski definition) is 4. The molecular formula is C27H35N3O3. The molecule has 0 aromatic heterocycles. The summed E-state index contributed by atoms with van der Waals surface area (Å²) >= 11 is 0. The maximum absolute atomic E-state index is 14.1. The number of benzene rings is 2. The Bertz CT molecular complexity index is 926.